The standard InChI is InChI=1S/C19H30N2O2/c1-4-17(23-18-10-7-9-15(2)16(18)3)19(22)20-11-8-14-21-12-5-6-13-21/h7,9-10,17H,4-6,8,11-14H2,1-3H3,(H,20,22)/t17-/m1/s1. The lowest BCUT2D eigenvalue weighted by molar-refractivity contribution is -0.128. The number of carbonyl (C=O) groups excluding carboxylic acids is 1. The second kappa shape index (κ2) is 8.92. The third-order valence-electron chi connectivity index (χ3n) is 4.64. The number of nitrogens with zero attached hydrogens (tertiary/aromatic N) is 1. The molecule has 1 N–H and O–H groups in total. The van der Waals surface area contributed by atoms with Crippen molar-refractivity contribution in [3.05, 3.63) is 29.3 Å². The first-order valence-electron chi connectivity index (χ1n) is 8.84. The molecular weight excluding hydrogens is 288 g/mol. The first-order chi connectivity index (χ1) is 11.1. The summed E-state index contributed by atoms with van der Waals surface area (Å²) in [7, 11) is 0. The van der Waals surface area contributed by atoms with E-state index in [0.29, 0.717) is 6.42 Å². The molecule has 23 heavy (non-hydrogen) atoms. The lowest BCUT2D eigenvalue weighted by Crippen LogP contribution is -2.39. The smallest absolute Gasteiger partial charge is 0.261 e. The first kappa shape index (κ1) is 17.8. The fourth-order valence-corrected chi connectivity index (χ4v) is 2.96. The molecule has 4 nitrogen and oxygen atoms in total. The molecule has 128 valence electrons. The molecule has 1 aliphatic heterocycles. The Morgan fingerprint density at radius 2 is 2.04 bits per heavy atom. The Morgan fingerprint density at radius 1 is 1.30 bits per heavy atom. The molecule has 1 aromatic carbocycles. The van der Waals surface area contributed by atoms with Gasteiger partial charge in [-0.15, -0.1) is 0 Å². The highest BCUT2D eigenvalue weighted by Gasteiger charge is 2.19. The Labute approximate surface area is 140 Å². The molecule has 0 saturated carbocycles. The summed E-state index contributed by atoms with van der Waals surface area (Å²) in [6, 6.07) is 5.96. The molecule has 1 saturated heterocycles. The average Bonchev–Trinajstić information content (AvgIpc) is 3.06. The van der Waals surface area contributed by atoms with Crippen molar-refractivity contribution in [2.75, 3.05) is 26.2 Å². The Hall–Kier alpha value is -1.55. The Bertz CT molecular complexity index is 510. The summed E-state index contributed by atoms with van der Waals surface area (Å²) in [6.07, 6.45) is 3.89. The van der Waals surface area contributed by atoms with Gasteiger partial charge in [-0.25, -0.2) is 0 Å². The van der Waals surface area contributed by atoms with Crippen LogP contribution in [0.3, 0.4) is 0 Å². The van der Waals surface area contributed by atoms with Gasteiger partial charge in [-0.1, -0.05) is 19.1 Å². The van der Waals surface area contributed by atoms with Crippen LogP contribution in [0.1, 0.15) is 43.7 Å². The molecule has 0 bridgehead atoms. The maximum Gasteiger partial charge on any atom is 0.261 e. The number of hydrogen-bond acceptors (Lipinski definition) is 3. The number of amides is 1. The number of rotatable bonds is 8. The van der Waals surface area contributed by atoms with E-state index in [0.717, 1.165) is 30.8 Å². The van der Waals surface area contributed by atoms with Gasteiger partial charge in [0.2, 0.25) is 0 Å². The maximum absolute atomic E-state index is 12.3. The van der Waals surface area contributed by atoms with Gasteiger partial charge in [-0.2, -0.15) is 0 Å². The summed E-state index contributed by atoms with van der Waals surface area (Å²) >= 11 is 0. The van der Waals surface area contributed by atoms with E-state index >= 15 is 0 Å². The van der Waals surface area contributed by atoms with E-state index < -0.39 is 6.10 Å². The second-order valence-electron chi connectivity index (χ2n) is 6.41. The number of aryl methyl sites for hydroxylation is 1. The molecule has 4 heteroatoms. The van der Waals surface area contributed by atoms with Crippen LogP contribution in [0.25, 0.3) is 0 Å². The fourth-order valence-electron chi connectivity index (χ4n) is 2.96. The van der Waals surface area contributed by atoms with E-state index in [1.165, 1.54) is 31.5 Å². The van der Waals surface area contributed by atoms with Crippen molar-refractivity contribution in [2.45, 2.75) is 52.6 Å². The quantitative estimate of drug-likeness (QED) is 0.749. The zero-order valence-corrected chi connectivity index (χ0v) is 14.7. The number of benzene rings is 1. The Morgan fingerprint density at radius 3 is 2.74 bits per heavy atom. The third kappa shape index (κ3) is 5.24. The van der Waals surface area contributed by atoms with Crippen LogP contribution in [0.15, 0.2) is 18.2 Å². The highest BCUT2D eigenvalue weighted by atomic mass is 16.5. The minimum absolute atomic E-state index is 0.00479. The number of hydrogen-bond donors (Lipinski definition) is 1. The van der Waals surface area contributed by atoms with E-state index in [2.05, 4.69) is 23.2 Å². The van der Waals surface area contributed by atoms with E-state index in [1.807, 2.05) is 26.0 Å². The van der Waals surface area contributed by atoms with Crippen LogP contribution in [0, 0.1) is 13.8 Å². The molecule has 1 atom stereocenters. The summed E-state index contributed by atoms with van der Waals surface area (Å²) in [6.45, 7) is 10.3. The van der Waals surface area contributed by atoms with E-state index in [1.54, 1.807) is 0 Å². The first-order valence-corrected chi connectivity index (χ1v) is 8.84. The third-order valence-corrected chi connectivity index (χ3v) is 4.64. The lowest BCUT2D eigenvalue weighted by Gasteiger charge is -2.20. The van der Waals surface area contributed by atoms with Crippen LogP contribution in [-0.4, -0.2) is 43.1 Å². The van der Waals surface area contributed by atoms with Gasteiger partial charge in [0, 0.05) is 6.54 Å². The minimum atomic E-state index is -0.415. The molecule has 0 aromatic heterocycles. The van der Waals surface area contributed by atoms with Gasteiger partial charge in [0.15, 0.2) is 6.10 Å². The molecule has 1 fully saturated rings. The summed E-state index contributed by atoms with van der Waals surface area (Å²) in [5, 5.41) is 3.02. The minimum Gasteiger partial charge on any atom is -0.480 e. The number of ether oxygens (including phenoxy) is 1. The summed E-state index contributed by atoms with van der Waals surface area (Å²) in [4.78, 5) is 14.8. The molecule has 1 aromatic rings. The van der Waals surface area contributed by atoms with E-state index in [9.17, 15) is 4.79 Å². The van der Waals surface area contributed by atoms with Gasteiger partial charge in [0.05, 0.1) is 0 Å². The molecule has 2 rings (SSSR count). The van der Waals surface area contributed by atoms with Crippen molar-refractivity contribution in [2.24, 2.45) is 0 Å². The van der Waals surface area contributed by atoms with Crippen LogP contribution >= 0.6 is 0 Å². The van der Waals surface area contributed by atoms with E-state index in [-0.39, 0.29) is 5.91 Å². The molecular formula is C19H30N2O2. The number of nitrogens with one attached hydrogen (secondary N) is 1. The zero-order chi connectivity index (χ0) is 16.7. The molecule has 0 radical (unpaired) electrons. The molecule has 1 aliphatic rings. The van der Waals surface area contributed by atoms with Gasteiger partial charge in [0.25, 0.3) is 5.91 Å². The molecule has 1 amide bonds. The molecule has 0 spiro atoms. The van der Waals surface area contributed by atoms with Gasteiger partial charge >= 0.3 is 0 Å². The summed E-state index contributed by atoms with van der Waals surface area (Å²) in [5.41, 5.74) is 2.29. The summed E-state index contributed by atoms with van der Waals surface area (Å²) in [5.74, 6) is 0.805. The SMILES string of the molecule is CC[C@@H](Oc1cccc(C)c1C)C(=O)NCCCN1CCCC1. The Kier molecular flexibility index (Phi) is 6.90. The van der Waals surface area contributed by atoms with Crippen molar-refractivity contribution >= 4 is 5.91 Å². The van der Waals surface area contributed by atoms with Crippen LogP contribution < -0.4 is 10.1 Å². The Balaban J connectivity index is 1.77. The van der Waals surface area contributed by atoms with E-state index in [4.69, 9.17) is 4.74 Å². The van der Waals surface area contributed by atoms with Crippen LogP contribution in [0.2, 0.25) is 0 Å². The maximum atomic E-state index is 12.3. The normalized spacial score (nSPS) is 16.3. The monoisotopic (exact) mass is 318 g/mol. The average molecular weight is 318 g/mol. The van der Waals surface area contributed by atoms with Gasteiger partial charge in [0.1, 0.15) is 5.75 Å². The topological polar surface area (TPSA) is 41.6 Å². The molecule has 1 heterocycles. The summed E-state index contributed by atoms with van der Waals surface area (Å²) < 4.78 is 5.95. The van der Waals surface area contributed by atoms with Crippen molar-refractivity contribution in [1.82, 2.24) is 10.2 Å². The van der Waals surface area contributed by atoms with Gasteiger partial charge < -0.3 is 15.0 Å². The predicted molar refractivity (Wildman–Crippen MR) is 93.9 cm³/mol. The largest absolute Gasteiger partial charge is 0.480 e. The molecule has 0 aliphatic carbocycles. The zero-order valence-electron chi connectivity index (χ0n) is 14.7. The van der Waals surface area contributed by atoms with Crippen LogP contribution in [0.5, 0.6) is 5.75 Å². The predicted octanol–water partition coefficient (Wildman–Crippen LogP) is 3.06. The van der Waals surface area contributed by atoms with Crippen molar-refractivity contribution < 1.29 is 9.53 Å². The van der Waals surface area contributed by atoms with Crippen molar-refractivity contribution in [3.8, 4) is 5.75 Å². The van der Waals surface area contributed by atoms with Gasteiger partial charge in [-0.05, 0) is 76.4 Å². The van der Waals surface area contributed by atoms with Crippen molar-refractivity contribution in [3.63, 3.8) is 0 Å². The van der Waals surface area contributed by atoms with Crippen LogP contribution in [0.4, 0.5) is 0 Å². The fraction of sp³-hybridized carbons (Fsp3) is 0.632. The number of carbonyl (C=O) groups is 1. The number of likely N-dealkylation sites (tertiary alicyclic amines) is 1. The highest BCUT2D eigenvalue weighted by molar-refractivity contribution is 5.81. The van der Waals surface area contributed by atoms with Gasteiger partial charge in [-0.3, -0.25) is 4.79 Å². The van der Waals surface area contributed by atoms with Crippen molar-refractivity contribution in [1.29, 1.82) is 0 Å². The molecule has 0 unspecified atom stereocenters. The second-order valence-corrected chi connectivity index (χ2v) is 6.41. The van der Waals surface area contributed by atoms with Crippen LogP contribution in [-0.2, 0) is 4.79 Å². The highest BCUT2D eigenvalue weighted by Crippen LogP contribution is 2.22. The lowest BCUT2D eigenvalue weighted by atomic mass is 10.1.